The summed E-state index contributed by atoms with van der Waals surface area (Å²) < 4.78 is 2.04. The van der Waals surface area contributed by atoms with Gasteiger partial charge in [0, 0.05) is 13.1 Å². The Morgan fingerprint density at radius 3 is 2.80 bits per heavy atom. The van der Waals surface area contributed by atoms with E-state index in [2.05, 4.69) is 20.3 Å². The zero-order valence-electron chi connectivity index (χ0n) is 7.72. The lowest BCUT2D eigenvalue weighted by atomic mass is 10.2. The third-order valence-electron chi connectivity index (χ3n) is 2.47. The predicted molar refractivity (Wildman–Crippen MR) is 59.5 cm³/mol. The summed E-state index contributed by atoms with van der Waals surface area (Å²) in [6, 6.07) is 0.450. The van der Waals surface area contributed by atoms with Crippen LogP contribution >= 0.6 is 24.0 Å². The summed E-state index contributed by atoms with van der Waals surface area (Å²) in [6.07, 6.45) is 3.24. The van der Waals surface area contributed by atoms with Crippen LogP contribution < -0.4 is 5.32 Å². The maximum Gasteiger partial charge on any atom is 0.165 e. The molecule has 15 heavy (non-hydrogen) atoms. The highest BCUT2D eigenvalue weighted by atomic mass is 35.5. The minimum absolute atomic E-state index is 0. The number of hydrogen-bond donors (Lipinski definition) is 1. The fraction of sp³-hybridized carbons (Fsp3) is 0.375. The Morgan fingerprint density at radius 2 is 2.13 bits per heavy atom. The molecule has 0 atom stereocenters. The standard InChI is InChI=1S/C8H8ClN5.ClH/c9-7-6-8(12-3-11-7)14(4-13-6)5-1-10-2-5;/h3-5,10H,1-2H2;1H. The molecule has 1 fully saturated rings. The number of halogens is 2. The van der Waals surface area contributed by atoms with E-state index in [9.17, 15) is 0 Å². The van der Waals surface area contributed by atoms with Gasteiger partial charge in [0.05, 0.1) is 12.4 Å². The summed E-state index contributed by atoms with van der Waals surface area (Å²) in [6.45, 7) is 1.93. The first-order valence-electron chi connectivity index (χ1n) is 4.40. The summed E-state index contributed by atoms with van der Waals surface area (Å²) in [5.41, 5.74) is 1.50. The first-order chi connectivity index (χ1) is 6.86. The number of hydrogen-bond acceptors (Lipinski definition) is 4. The predicted octanol–water partition coefficient (Wildman–Crippen LogP) is 1.05. The van der Waals surface area contributed by atoms with E-state index < -0.39 is 0 Å². The monoisotopic (exact) mass is 245 g/mol. The van der Waals surface area contributed by atoms with Crippen molar-refractivity contribution >= 4 is 35.2 Å². The summed E-state index contributed by atoms with van der Waals surface area (Å²) >= 11 is 5.89. The Morgan fingerprint density at radius 1 is 1.33 bits per heavy atom. The van der Waals surface area contributed by atoms with E-state index in [1.54, 1.807) is 6.33 Å². The van der Waals surface area contributed by atoms with Crippen LogP contribution in [0.5, 0.6) is 0 Å². The highest BCUT2D eigenvalue weighted by Crippen LogP contribution is 2.21. The number of nitrogens with one attached hydrogen (secondary N) is 1. The Bertz CT molecular complexity index is 479. The van der Waals surface area contributed by atoms with Crippen LogP contribution in [0.3, 0.4) is 0 Å². The van der Waals surface area contributed by atoms with Crippen LogP contribution in [0, 0.1) is 0 Å². The fourth-order valence-electron chi connectivity index (χ4n) is 1.56. The molecule has 1 aliphatic rings. The Balaban J connectivity index is 0.000000853. The van der Waals surface area contributed by atoms with Gasteiger partial charge in [0.1, 0.15) is 11.8 Å². The van der Waals surface area contributed by atoms with Gasteiger partial charge in [0.25, 0.3) is 0 Å². The lowest BCUT2D eigenvalue weighted by molar-refractivity contribution is 0.349. The second kappa shape index (κ2) is 3.92. The van der Waals surface area contributed by atoms with E-state index >= 15 is 0 Å². The third kappa shape index (κ3) is 1.56. The summed E-state index contributed by atoms with van der Waals surface area (Å²) in [5, 5.41) is 3.62. The zero-order valence-corrected chi connectivity index (χ0v) is 9.29. The maximum absolute atomic E-state index is 5.89. The molecule has 5 nitrogen and oxygen atoms in total. The lowest BCUT2D eigenvalue weighted by Crippen LogP contribution is -2.43. The Labute approximate surface area is 97.3 Å². The van der Waals surface area contributed by atoms with Crippen molar-refractivity contribution in [1.29, 1.82) is 0 Å². The van der Waals surface area contributed by atoms with Crippen LogP contribution in [-0.4, -0.2) is 32.6 Å². The maximum atomic E-state index is 5.89. The quantitative estimate of drug-likeness (QED) is 0.764. The van der Waals surface area contributed by atoms with Gasteiger partial charge in [-0.2, -0.15) is 0 Å². The molecule has 0 bridgehead atoms. The molecule has 0 aromatic carbocycles. The number of fused-ring (bicyclic) bond motifs is 1. The van der Waals surface area contributed by atoms with Gasteiger partial charge in [-0.25, -0.2) is 15.0 Å². The highest BCUT2D eigenvalue weighted by Gasteiger charge is 2.21. The van der Waals surface area contributed by atoms with Crippen LogP contribution in [0.2, 0.25) is 5.15 Å². The zero-order chi connectivity index (χ0) is 9.54. The van der Waals surface area contributed by atoms with E-state index in [1.807, 2.05) is 4.57 Å². The van der Waals surface area contributed by atoms with Crippen molar-refractivity contribution in [2.75, 3.05) is 13.1 Å². The van der Waals surface area contributed by atoms with Crippen molar-refractivity contribution < 1.29 is 0 Å². The molecule has 2 aromatic heterocycles. The molecule has 0 radical (unpaired) electrons. The molecule has 0 spiro atoms. The van der Waals surface area contributed by atoms with Crippen molar-refractivity contribution in [3.05, 3.63) is 17.8 Å². The topological polar surface area (TPSA) is 55.6 Å². The first-order valence-corrected chi connectivity index (χ1v) is 4.78. The largest absolute Gasteiger partial charge is 0.313 e. The Hall–Kier alpha value is -0.910. The molecule has 1 saturated heterocycles. The molecule has 1 aliphatic heterocycles. The van der Waals surface area contributed by atoms with E-state index in [1.165, 1.54) is 6.33 Å². The normalized spacial score (nSPS) is 16.1. The number of rotatable bonds is 1. The molecule has 80 valence electrons. The average Bonchev–Trinajstić information content (AvgIpc) is 2.48. The number of aromatic nitrogens is 4. The molecule has 3 rings (SSSR count). The van der Waals surface area contributed by atoms with Crippen molar-refractivity contribution in [3.8, 4) is 0 Å². The molecule has 3 heterocycles. The average molecular weight is 246 g/mol. The highest BCUT2D eigenvalue weighted by molar-refractivity contribution is 6.33. The van der Waals surface area contributed by atoms with Gasteiger partial charge >= 0.3 is 0 Å². The van der Waals surface area contributed by atoms with Gasteiger partial charge < -0.3 is 9.88 Å². The lowest BCUT2D eigenvalue weighted by Gasteiger charge is -2.28. The second-order valence-corrected chi connectivity index (χ2v) is 3.66. The first kappa shape index (κ1) is 10.6. The minimum Gasteiger partial charge on any atom is -0.313 e. The van der Waals surface area contributed by atoms with Crippen molar-refractivity contribution in [2.24, 2.45) is 0 Å². The van der Waals surface area contributed by atoms with Gasteiger partial charge in [-0.1, -0.05) is 11.6 Å². The third-order valence-corrected chi connectivity index (χ3v) is 2.74. The molecular formula is C8H9Cl2N5. The molecule has 7 heteroatoms. The van der Waals surface area contributed by atoms with Crippen molar-refractivity contribution in [3.63, 3.8) is 0 Å². The van der Waals surface area contributed by atoms with Gasteiger partial charge in [0.15, 0.2) is 10.8 Å². The molecule has 0 aliphatic carbocycles. The Kier molecular flexibility index (Phi) is 2.77. The number of imidazole rings is 1. The minimum atomic E-state index is 0. The molecule has 0 unspecified atom stereocenters. The fourth-order valence-corrected chi connectivity index (χ4v) is 1.74. The molecular weight excluding hydrogens is 237 g/mol. The van der Waals surface area contributed by atoms with Gasteiger partial charge in [-0.15, -0.1) is 12.4 Å². The van der Waals surface area contributed by atoms with Gasteiger partial charge in [-0.05, 0) is 0 Å². The summed E-state index contributed by atoms with van der Waals surface area (Å²) in [4.78, 5) is 12.3. The van der Waals surface area contributed by atoms with E-state index in [0.717, 1.165) is 18.7 Å². The summed E-state index contributed by atoms with van der Waals surface area (Å²) in [7, 11) is 0. The van der Waals surface area contributed by atoms with Crippen LogP contribution in [-0.2, 0) is 0 Å². The summed E-state index contributed by atoms with van der Waals surface area (Å²) in [5.74, 6) is 0. The van der Waals surface area contributed by atoms with Crippen LogP contribution in [0.1, 0.15) is 6.04 Å². The van der Waals surface area contributed by atoms with Crippen LogP contribution in [0.15, 0.2) is 12.7 Å². The van der Waals surface area contributed by atoms with Gasteiger partial charge in [0.2, 0.25) is 0 Å². The second-order valence-electron chi connectivity index (χ2n) is 3.30. The van der Waals surface area contributed by atoms with Gasteiger partial charge in [-0.3, -0.25) is 0 Å². The van der Waals surface area contributed by atoms with Crippen molar-refractivity contribution in [2.45, 2.75) is 6.04 Å². The number of nitrogens with zero attached hydrogens (tertiary/aromatic N) is 4. The van der Waals surface area contributed by atoms with Crippen molar-refractivity contribution in [1.82, 2.24) is 24.8 Å². The van der Waals surface area contributed by atoms with E-state index in [4.69, 9.17) is 11.6 Å². The SMILES string of the molecule is Cl.Clc1ncnc2c1ncn2C1CNC1. The van der Waals surface area contributed by atoms with E-state index in [0.29, 0.717) is 16.7 Å². The smallest absolute Gasteiger partial charge is 0.165 e. The molecule has 0 amide bonds. The van der Waals surface area contributed by atoms with Crippen LogP contribution in [0.25, 0.3) is 11.2 Å². The molecule has 1 N–H and O–H groups in total. The van der Waals surface area contributed by atoms with Crippen LogP contribution in [0.4, 0.5) is 0 Å². The molecule has 2 aromatic rings. The van der Waals surface area contributed by atoms with E-state index in [-0.39, 0.29) is 12.4 Å². The molecule has 0 saturated carbocycles.